The van der Waals surface area contributed by atoms with Gasteiger partial charge in [-0.15, -0.1) is 0 Å². The number of fused-ring (bicyclic) bond motifs is 3. The Bertz CT molecular complexity index is 1220. The minimum Gasteiger partial charge on any atom is -0.480 e. The molecule has 182 valence electrons. The zero-order valence-electron chi connectivity index (χ0n) is 19.8. The molecule has 0 saturated heterocycles. The van der Waals surface area contributed by atoms with Crippen LogP contribution in [0, 0.1) is 5.92 Å². The number of anilines is 1. The lowest BCUT2D eigenvalue weighted by Crippen LogP contribution is -2.45. The molecule has 9 heteroatoms. The zero-order valence-corrected chi connectivity index (χ0v) is 19.8. The first-order chi connectivity index (χ1) is 16.8. The van der Waals surface area contributed by atoms with E-state index in [-0.39, 0.29) is 29.8 Å². The number of ether oxygens (including phenoxy) is 1. The summed E-state index contributed by atoms with van der Waals surface area (Å²) < 4.78 is 6.89. The summed E-state index contributed by atoms with van der Waals surface area (Å²) in [6.45, 7) is 3.72. The molecule has 4 rings (SSSR count). The third kappa shape index (κ3) is 4.75. The lowest BCUT2D eigenvalue weighted by Gasteiger charge is -2.20. The summed E-state index contributed by atoms with van der Waals surface area (Å²) in [5.41, 5.74) is 4.48. The highest BCUT2D eigenvalue weighted by molar-refractivity contribution is 6.03. The molecule has 0 aliphatic heterocycles. The Kier molecular flexibility index (Phi) is 6.86. The van der Waals surface area contributed by atoms with Crippen LogP contribution < -0.4 is 10.6 Å². The topological polar surface area (TPSA) is 123 Å². The molecule has 1 aliphatic carbocycles. The van der Waals surface area contributed by atoms with Crippen molar-refractivity contribution in [1.29, 1.82) is 0 Å². The number of benzene rings is 2. The van der Waals surface area contributed by atoms with Crippen LogP contribution in [0.5, 0.6) is 0 Å². The highest BCUT2D eigenvalue weighted by Crippen LogP contribution is 2.44. The maximum absolute atomic E-state index is 12.8. The van der Waals surface area contributed by atoms with Gasteiger partial charge in [-0.25, -0.2) is 9.59 Å². The van der Waals surface area contributed by atoms with Gasteiger partial charge in [0.15, 0.2) is 0 Å². The monoisotopic (exact) mass is 476 g/mol. The molecule has 0 bridgehead atoms. The van der Waals surface area contributed by atoms with Gasteiger partial charge in [-0.1, -0.05) is 68.8 Å². The number of aliphatic carboxylic acids is 1. The van der Waals surface area contributed by atoms with Crippen molar-refractivity contribution in [2.45, 2.75) is 32.2 Å². The second-order valence-corrected chi connectivity index (χ2v) is 8.66. The molecule has 0 fully saturated rings. The average molecular weight is 477 g/mol. The lowest BCUT2D eigenvalue weighted by molar-refractivity contribution is -0.140. The molecule has 0 spiro atoms. The number of carbonyl (C=O) groups excluding carboxylic acids is 2. The summed E-state index contributed by atoms with van der Waals surface area (Å²) in [6, 6.07) is 15.0. The number of amides is 2. The Labute approximate surface area is 203 Å². The molecule has 1 aliphatic rings. The second kappa shape index (κ2) is 10.0. The molecule has 3 aromatic rings. The van der Waals surface area contributed by atoms with E-state index in [1.54, 1.807) is 14.0 Å². The summed E-state index contributed by atoms with van der Waals surface area (Å²) in [5.74, 6) is -2.02. The second-order valence-electron chi connectivity index (χ2n) is 8.66. The van der Waals surface area contributed by atoms with Crippen molar-refractivity contribution in [3.05, 3.63) is 71.4 Å². The molecule has 2 atom stereocenters. The van der Waals surface area contributed by atoms with Crippen molar-refractivity contribution < 1.29 is 24.2 Å². The van der Waals surface area contributed by atoms with Crippen LogP contribution in [0.25, 0.3) is 11.1 Å². The SMILES string of the molecule is CC[C@H](C)[C@H](NC(=O)c1cnn(C)c1NC(=O)OCC1c2ccccc2-c2ccccc21)C(=O)O. The normalized spacial score (nSPS) is 13.9. The number of aryl methyl sites for hydroxylation is 1. The van der Waals surface area contributed by atoms with Gasteiger partial charge in [0.05, 0.1) is 6.20 Å². The smallest absolute Gasteiger partial charge is 0.412 e. The largest absolute Gasteiger partial charge is 0.480 e. The van der Waals surface area contributed by atoms with Gasteiger partial charge in [0, 0.05) is 13.0 Å². The fourth-order valence-electron chi connectivity index (χ4n) is 4.39. The highest BCUT2D eigenvalue weighted by Gasteiger charge is 2.30. The molecule has 1 aromatic heterocycles. The predicted octanol–water partition coefficient (Wildman–Crippen LogP) is 4.01. The first kappa shape index (κ1) is 24.0. The Morgan fingerprint density at radius 2 is 1.69 bits per heavy atom. The Hall–Kier alpha value is -4.14. The minimum absolute atomic E-state index is 0.0514. The molecule has 9 nitrogen and oxygen atoms in total. The molecular formula is C26H28N4O5. The van der Waals surface area contributed by atoms with Crippen LogP contribution in [0.4, 0.5) is 10.6 Å². The van der Waals surface area contributed by atoms with E-state index in [0.29, 0.717) is 6.42 Å². The van der Waals surface area contributed by atoms with Gasteiger partial charge < -0.3 is 15.2 Å². The number of aromatic nitrogens is 2. The third-order valence-corrected chi connectivity index (χ3v) is 6.51. The standard InChI is InChI=1S/C26H28N4O5/c1-4-15(2)22(25(32)33)28-24(31)20-13-27-30(3)23(20)29-26(34)35-14-21-18-11-7-5-9-16(18)17-10-6-8-12-19(17)21/h5-13,15,21-22H,4,14H2,1-3H3,(H,28,31)(H,29,34)(H,32,33)/t15-,22-/m0/s1. The maximum atomic E-state index is 12.8. The Balaban J connectivity index is 1.46. The molecular weight excluding hydrogens is 448 g/mol. The summed E-state index contributed by atoms with van der Waals surface area (Å²) in [6.07, 6.45) is 1.13. The van der Waals surface area contributed by atoms with E-state index in [1.165, 1.54) is 10.9 Å². The molecule has 0 saturated carbocycles. The third-order valence-electron chi connectivity index (χ3n) is 6.51. The fourth-order valence-corrected chi connectivity index (χ4v) is 4.39. The van der Waals surface area contributed by atoms with Crippen LogP contribution in [-0.2, 0) is 16.6 Å². The number of carbonyl (C=O) groups is 3. The van der Waals surface area contributed by atoms with Gasteiger partial charge in [0.2, 0.25) is 0 Å². The molecule has 35 heavy (non-hydrogen) atoms. The summed E-state index contributed by atoms with van der Waals surface area (Å²) in [7, 11) is 1.57. The molecule has 0 unspecified atom stereocenters. The van der Waals surface area contributed by atoms with Crippen molar-refractivity contribution in [1.82, 2.24) is 15.1 Å². The molecule has 3 N–H and O–H groups in total. The zero-order chi connectivity index (χ0) is 25.1. The van der Waals surface area contributed by atoms with Crippen molar-refractivity contribution in [3.63, 3.8) is 0 Å². The Morgan fingerprint density at radius 3 is 2.26 bits per heavy atom. The van der Waals surface area contributed by atoms with Crippen molar-refractivity contribution in [2.24, 2.45) is 13.0 Å². The van der Waals surface area contributed by atoms with E-state index in [1.807, 2.05) is 43.3 Å². The van der Waals surface area contributed by atoms with Crippen LogP contribution in [0.15, 0.2) is 54.7 Å². The summed E-state index contributed by atoms with van der Waals surface area (Å²) >= 11 is 0. The van der Waals surface area contributed by atoms with Crippen LogP contribution >= 0.6 is 0 Å². The minimum atomic E-state index is -1.12. The van der Waals surface area contributed by atoms with E-state index in [9.17, 15) is 19.5 Å². The molecule has 1 heterocycles. The van der Waals surface area contributed by atoms with Gasteiger partial charge in [-0.3, -0.25) is 14.8 Å². The summed E-state index contributed by atoms with van der Waals surface area (Å²) in [5, 5.41) is 18.6. The van der Waals surface area contributed by atoms with E-state index in [0.717, 1.165) is 22.3 Å². The number of rotatable bonds is 8. The van der Waals surface area contributed by atoms with E-state index < -0.39 is 24.0 Å². The quantitative estimate of drug-likeness (QED) is 0.452. The van der Waals surface area contributed by atoms with E-state index in [2.05, 4.69) is 27.9 Å². The van der Waals surface area contributed by atoms with Gasteiger partial charge >= 0.3 is 12.1 Å². The number of hydrogen-bond acceptors (Lipinski definition) is 5. The number of nitrogens with one attached hydrogen (secondary N) is 2. The number of nitrogens with zero attached hydrogens (tertiary/aromatic N) is 2. The first-order valence-corrected chi connectivity index (χ1v) is 11.5. The van der Waals surface area contributed by atoms with Crippen LogP contribution in [0.3, 0.4) is 0 Å². The van der Waals surface area contributed by atoms with Crippen molar-refractivity contribution >= 4 is 23.8 Å². The van der Waals surface area contributed by atoms with Gasteiger partial charge in [0.1, 0.15) is 24.0 Å². The first-order valence-electron chi connectivity index (χ1n) is 11.5. The Morgan fingerprint density at radius 1 is 1.09 bits per heavy atom. The van der Waals surface area contributed by atoms with Crippen molar-refractivity contribution in [3.8, 4) is 11.1 Å². The average Bonchev–Trinajstić information content (AvgIpc) is 3.38. The predicted molar refractivity (Wildman–Crippen MR) is 130 cm³/mol. The molecule has 2 amide bonds. The number of carboxylic acids is 1. The fraction of sp³-hybridized carbons (Fsp3) is 0.308. The number of carboxylic acid groups (broad SMARTS) is 1. The number of hydrogen-bond donors (Lipinski definition) is 3. The summed E-state index contributed by atoms with van der Waals surface area (Å²) in [4.78, 5) is 37.1. The highest BCUT2D eigenvalue weighted by atomic mass is 16.5. The van der Waals surface area contributed by atoms with Crippen molar-refractivity contribution in [2.75, 3.05) is 11.9 Å². The molecule has 0 radical (unpaired) electrons. The van der Waals surface area contributed by atoms with E-state index >= 15 is 0 Å². The van der Waals surface area contributed by atoms with Gasteiger partial charge in [0.25, 0.3) is 5.91 Å². The van der Waals surface area contributed by atoms with Crippen LogP contribution in [0.1, 0.15) is 47.7 Å². The van der Waals surface area contributed by atoms with Crippen LogP contribution in [-0.4, -0.2) is 45.5 Å². The van der Waals surface area contributed by atoms with E-state index in [4.69, 9.17) is 4.74 Å². The van der Waals surface area contributed by atoms with Crippen LogP contribution in [0.2, 0.25) is 0 Å². The molecule has 2 aromatic carbocycles. The maximum Gasteiger partial charge on any atom is 0.412 e. The van der Waals surface area contributed by atoms with Gasteiger partial charge in [-0.2, -0.15) is 5.10 Å². The lowest BCUT2D eigenvalue weighted by atomic mass is 9.98. The van der Waals surface area contributed by atoms with Gasteiger partial charge in [-0.05, 0) is 28.2 Å².